The fourth-order valence-corrected chi connectivity index (χ4v) is 3.08. The van der Waals surface area contributed by atoms with Crippen LogP contribution in [0.3, 0.4) is 0 Å². The lowest BCUT2D eigenvalue weighted by Crippen LogP contribution is -2.38. The van der Waals surface area contributed by atoms with Gasteiger partial charge in [0.05, 0.1) is 6.04 Å². The number of nitrogens with one attached hydrogen (secondary N) is 2. The second-order valence-electron chi connectivity index (χ2n) is 7.27. The Balaban J connectivity index is 1.93. The molecule has 2 N–H and O–H groups in total. The molecule has 0 radical (unpaired) electrons. The maximum absolute atomic E-state index is 12.2. The molecule has 0 unspecified atom stereocenters. The molecule has 0 saturated carbocycles. The van der Waals surface area contributed by atoms with E-state index in [1.807, 2.05) is 43.3 Å². The van der Waals surface area contributed by atoms with Gasteiger partial charge < -0.3 is 20.3 Å². The van der Waals surface area contributed by atoms with Gasteiger partial charge in [-0.25, -0.2) is 0 Å². The van der Waals surface area contributed by atoms with Crippen molar-refractivity contribution in [2.45, 2.75) is 53.0 Å². The number of nitrogens with zero attached hydrogens (tertiary/aromatic N) is 1. The number of anilines is 2. The molecule has 0 fully saturated rings. The Bertz CT molecular complexity index is 723. The summed E-state index contributed by atoms with van der Waals surface area (Å²) < 4.78 is 5.95. The molecule has 0 bridgehead atoms. The van der Waals surface area contributed by atoms with Crippen LogP contribution < -0.4 is 20.3 Å². The van der Waals surface area contributed by atoms with Gasteiger partial charge in [-0.15, -0.1) is 0 Å². The molecule has 0 heterocycles. The Morgan fingerprint density at radius 3 is 1.97 bits per heavy atom. The summed E-state index contributed by atoms with van der Waals surface area (Å²) in [5.41, 5.74) is 1.99. The minimum Gasteiger partial charge on any atom is -0.457 e. The molecule has 2 aromatic carbocycles. The molecule has 0 aliphatic rings. The molecule has 0 spiro atoms. The van der Waals surface area contributed by atoms with Crippen molar-refractivity contribution in [2.24, 2.45) is 0 Å². The number of amides is 1. The van der Waals surface area contributed by atoms with Crippen molar-refractivity contribution in [2.75, 3.05) is 29.9 Å². The van der Waals surface area contributed by atoms with Crippen molar-refractivity contribution in [3.05, 3.63) is 48.5 Å². The molecule has 1 atom stereocenters. The van der Waals surface area contributed by atoms with E-state index >= 15 is 0 Å². The van der Waals surface area contributed by atoms with E-state index in [0.29, 0.717) is 0 Å². The van der Waals surface area contributed by atoms with E-state index in [4.69, 9.17) is 4.74 Å². The highest BCUT2D eigenvalue weighted by atomic mass is 16.5. The molecule has 29 heavy (non-hydrogen) atoms. The summed E-state index contributed by atoms with van der Waals surface area (Å²) in [7, 11) is 0. The van der Waals surface area contributed by atoms with Crippen LogP contribution in [0.15, 0.2) is 48.5 Å². The van der Waals surface area contributed by atoms with Crippen molar-refractivity contribution in [3.8, 4) is 11.5 Å². The van der Waals surface area contributed by atoms with E-state index < -0.39 is 0 Å². The molecular weight excluding hydrogens is 362 g/mol. The fraction of sp³-hybridized carbons (Fsp3) is 0.458. The van der Waals surface area contributed by atoms with Crippen molar-refractivity contribution in [1.29, 1.82) is 0 Å². The predicted octanol–water partition coefficient (Wildman–Crippen LogP) is 5.43. The van der Waals surface area contributed by atoms with Gasteiger partial charge in [-0.1, -0.05) is 20.8 Å². The Morgan fingerprint density at radius 1 is 0.897 bits per heavy atom. The third-order valence-corrected chi connectivity index (χ3v) is 4.64. The SMILES string of the molecule is CCCN[C@@H](C)C(=O)Nc1ccc(Oc2ccc(N(CCC)CCC)cc2)cc1. The molecule has 0 saturated heterocycles. The van der Waals surface area contributed by atoms with Gasteiger partial charge in [-0.05, 0) is 81.3 Å². The number of ether oxygens (including phenoxy) is 1. The summed E-state index contributed by atoms with van der Waals surface area (Å²) >= 11 is 0. The first-order chi connectivity index (χ1) is 14.1. The smallest absolute Gasteiger partial charge is 0.241 e. The standard InChI is InChI=1S/C24H35N3O2/c1-5-16-25-19(4)24(28)26-20-8-12-22(13-9-20)29-23-14-10-21(11-15-23)27(17-6-2)18-7-3/h8-15,19,25H,5-7,16-18H2,1-4H3,(H,26,28)/t19-/m0/s1. The third kappa shape index (κ3) is 7.42. The van der Waals surface area contributed by atoms with Crippen LogP contribution in [0.2, 0.25) is 0 Å². The number of hydrogen-bond donors (Lipinski definition) is 2. The van der Waals surface area contributed by atoms with Crippen molar-refractivity contribution >= 4 is 17.3 Å². The summed E-state index contributed by atoms with van der Waals surface area (Å²) in [6.45, 7) is 11.3. The van der Waals surface area contributed by atoms with E-state index in [1.165, 1.54) is 5.69 Å². The first-order valence-electron chi connectivity index (χ1n) is 10.7. The van der Waals surface area contributed by atoms with E-state index in [1.54, 1.807) is 0 Å². The van der Waals surface area contributed by atoms with Crippen molar-refractivity contribution in [1.82, 2.24) is 5.32 Å². The van der Waals surface area contributed by atoms with Gasteiger partial charge in [0.1, 0.15) is 11.5 Å². The van der Waals surface area contributed by atoms with Gasteiger partial charge in [-0.2, -0.15) is 0 Å². The fourth-order valence-electron chi connectivity index (χ4n) is 3.08. The molecule has 2 rings (SSSR count). The second-order valence-corrected chi connectivity index (χ2v) is 7.27. The minimum absolute atomic E-state index is 0.0357. The molecule has 158 valence electrons. The summed E-state index contributed by atoms with van der Waals surface area (Å²) in [4.78, 5) is 14.6. The van der Waals surface area contributed by atoms with Gasteiger partial charge in [0.25, 0.3) is 0 Å². The lowest BCUT2D eigenvalue weighted by Gasteiger charge is -2.23. The predicted molar refractivity (Wildman–Crippen MR) is 122 cm³/mol. The third-order valence-electron chi connectivity index (χ3n) is 4.64. The minimum atomic E-state index is -0.218. The van der Waals surface area contributed by atoms with Crippen LogP contribution in [0.1, 0.15) is 47.0 Å². The zero-order valence-corrected chi connectivity index (χ0v) is 18.2. The highest BCUT2D eigenvalue weighted by Crippen LogP contribution is 2.26. The maximum Gasteiger partial charge on any atom is 0.241 e. The number of benzene rings is 2. The van der Waals surface area contributed by atoms with Gasteiger partial charge in [0.15, 0.2) is 0 Å². The van der Waals surface area contributed by atoms with Crippen LogP contribution in [0.5, 0.6) is 11.5 Å². The number of carbonyl (C=O) groups is 1. The van der Waals surface area contributed by atoms with Gasteiger partial charge in [-0.3, -0.25) is 4.79 Å². The normalized spacial score (nSPS) is 11.7. The van der Waals surface area contributed by atoms with E-state index in [9.17, 15) is 4.79 Å². The molecule has 0 aliphatic carbocycles. The zero-order chi connectivity index (χ0) is 21.1. The summed E-state index contributed by atoms with van der Waals surface area (Å²) in [5.74, 6) is 1.51. The Hall–Kier alpha value is -2.53. The Morgan fingerprint density at radius 2 is 1.45 bits per heavy atom. The first-order valence-corrected chi connectivity index (χ1v) is 10.7. The monoisotopic (exact) mass is 397 g/mol. The molecule has 1 amide bonds. The van der Waals surface area contributed by atoms with Crippen molar-refractivity contribution in [3.63, 3.8) is 0 Å². The molecule has 5 heteroatoms. The lowest BCUT2D eigenvalue weighted by molar-refractivity contribution is -0.117. The second kappa shape index (κ2) is 12.1. The number of hydrogen-bond acceptors (Lipinski definition) is 4. The largest absolute Gasteiger partial charge is 0.457 e. The topological polar surface area (TPSA) is 53.6 Å². The van der Waals surface area contributed by atoms with Crippen molar-refractivity contribution < 1.29 is 9.53 Å². The molecule has 2 aromatic rings. The summed E-state index contributed by atoms with van der Waals surface area (Å²) in [5, 5.41) is 6.11. The van der Waals surface area contributed by atoms with Gasteiger partial charge in [0, 0.05) is 24.5 Å². The average molecular weight is 398 g/mol. The highest BCUT2D eigenvalue weighted by molar-refractivity contribution is 5.94. The Labute approximate surface area is 175 Å². The zero-order valence-electron chi connectivity index (χ0n) is 18.2. The average Bonchev–Trinajstić information content (AvgIpc) is 2.74. The van der Waals surface area contributed by atoms with Gasteiger partial charge in [0.2, 0.25) is 5.91 Å². The van der Waals surface area contributed by atoms with E-state index in [2.05, 4.69) is 48.4 Å². The van der Waals surface area contributed by atoms with Crippen LogP contribution >= 0.6 is 0 Å². The van der Waals surface area contributed by atoms with Crippen LogP contribution in [-0.4, -0.2) is 31.6 Å². The quantitative estimate of drug-likeness (QED) is 0.501. The van der Waals surface area contributed by atoms with Crippen LogP contribution in [-0.2, 0) is 4.79 Å². The van der Waals surface area contributed by atoms with E-state index in [0.717, 1.165) is 56.1 Å². The van der Waals surface area contributed by atoms with E-state index in [-0.39, 0.29) is 11.9 Å². The van der Waals surface area contributed by atoms with Crippen LogP contribution in [0, 0.1) is 0 Å². The summed E-state index contributed by atoms with van der Waals surface area (Å²) in [6, 6.07) is 15.5. The number of carbonyl (C=O) groups excluding carboxylic acids is 1. The summed E-state index contributed by atoms with van der Waals surface area (Å²) in [6.07, 6.45) is 3.27. The molecule has 0 aromatic heterocycles. The number of rotatable bonds is 12. The molecule has 0 aliphatic heterocycles. The maximum atomic E-state index is 12.2. The highest BCUT2D eigenvalue weighted by Gasteiger charge is 2.11. The first kappa shape index (κ1) is 22.8. The lowest BCUT2D eigenvalue weighted by atomic mass is 10.2. The Kier molecular flexibility index (Phi) is 9.51. The van der Waals surface area contributed by atoms with Crippen LogP contribution in [0.4, 0.5) is 11.4 Å². The molecular formula is C24H35N3O2. The molecule has 5 nitrogen and oxygen atoms in total. The van der Waals surface area contributed by atoms with Crippen LogP contribution in [0.25, 0.3) is 0 Å². The van der Waals surface area contributed by atoms with Gasteiger partial charge >= 0.3 is 0 Å².